The van der Waals surface area contributed by atoms with Crippen molar-refractivity contribution in [1.82, 2.24) is 9.88 Å². The average Bonchev–Trinajstić information content (AvgIpc) is 3.04. The van der Waals surface area contributed by atoms with Gasteiger partial charge >= 0.3 is 6.03 Å². The van der Waals surface area contributed by atoms with Crippen LogP contribution in [-0.4, -0.2) is 27.3 Å². The second-order valence-electron chi connectivity index (χ2n) is 7.38. The molecule has 1 saturated heterocycles. The Kier molecular flexibility index (Phi) is 5.34. The molecule has 2 aromatic carbocycles. The van der Waals surface area contributed by atoms with Crippen molar-refractivity contribution in [2.75, 3.05) is 4.90 Å². The Hall–Kier alpha value is -4.60. The van der Waals surface area contributed by atoms with E-state index in [-0.39, 0.29) is 16.9 Å². The fraction of sp³-hybridized carbons (Fsp3) is 0.0870. The number of anilines is 1. The van der Waals surface area contributed by atoms with Gasteiger partial charge in [-0.15, -0.1) is 0 Å². The molecule has 0 saturated carbocycles. The highest BCUT2D eigenvalue weighted by atomic mass is 19.1. The number of nitrogens with one attached hydrogen (secondary N) is 1. The molecule has 0 radical (unpaired) electrons. The van der Waals surface area contributed by atoms with Gasteiger partial charge in [0.1, 0.15) is 11.4 Å². The second kappa shape index (κ2) is 8.15. The van der Waals surface area contributed by atoms with E-state index in [4.69, 9.17) is 0 Å². The standard InChI is InChI=1S/C23H17FN4O5/c1-13-9-15(14(2)26(13)18-7-4-8-19(12-18)28(32)33)10-20-21(29)25-23(31)27(22(20)30)17-6-3-5-16(24)11-17/h3-12H,1-2H3,(H,25,29,31). The topological polar surface area (TPSA) is 115 Å². The highest BCUT2D eigenvalue weighted by molar-refractivity contribution is 6.39. The Labute approximate surface area is 186 Å². The molecule has 2 heterocycles. The van der Waals surface area contributed by atoms with Gasteiger partial charge in [-0.2, -0.15) is 0 Å². The lowest BCUT2D eigenvalue weighted by molar-refractivity contribution is -0.384. The summed E-state index contributed by atoms with van der Waals surface area (Å²) >= 11 is 0. The zero-order valence-electron chi connectivity index (χ0n) is 17.5. The number of imide groups is 2. The number of non-ortho nitro benzene ring substituents is 1. The largest absolute Gasteiger partial charge is 0.335 e. The third kappa shape index (κ3) is 3.89. The zero-order chi connectivity index (χ0) is 23.9. The minimum atomic E-state index is -0.977. The van der Waals surface area contributed by atoms with Gasteiger partial charge in [0.25, 0.3) is 17.5 Å². The van der Waals surface area contributed by atoms with Gasteiger partial charge in [0.15, 0.2) is 0 Å². The molecule has 1 N–H and O–H groups in total. The van der Waals surface area contributed by atoms with Gasteiger partial charge in [-0.05, 0) is 55.8 Å². The first kappa shape index (κ1) is 21.6. The summed E-state index contributed by atoms with van der Waals surface area (Å²) in [6.45, 7) is 3.51. The van der Waals surface area contributed by atoms with Gasteiger partial charge in [-0.1, -0.05) is 12.1 Å². The molecule has 0 bridgehead atoms. The van der Waals surface area contributed by atoms with Crippen LogP contribution in [0.2, 0.25) is 0 Å². The molecule has 1 aromatic heterocycles. The normalized spacial score (nSPS) is 15.2. The number of carbonyl (C=O) groups is 3. The van der Waals surface area contributed by atoms with Gasteiger partial charge < -0.3 is 4.57 Å². The molecule has 33 heavy (non-hydrogen) atoms. The van der Waals surface area contributed by atoms with E-state index in [9.17, 15) is 28.9 Å². The number of aryl methyl sites for hydroxylation is 1. The lowest BCUT2D eigenvalue weighted by Crippen LogP contribution is -2.54. The summed E-state index contributed by atoms with van der Waals surface area (Å²) < 4.78 is 15.4. The number of nitro benzene ring substituents is 1. The predicted molar refractivity (Wildman–Crippen MR) is 117 cm³/mol. The van der Waals surface area contributed by atoms with E-state index < -0.39 is 28.6 Å². The minimum absolute atomic E-state index is 0.0158. The first-order valence-corrected chi connectivity index (χ1v) is 9.78. The van der Waals surface area contributed by atoms with E-state index in [2.05, 4.69) is 5.32 Å². The first-order valence-electron chi connectivity index (χ1n) is 9.78. The van der Waals surface area contributed by atoms with E-state index in [1.54, 1.807) is 36.6 Å². The lowest BCUT2D eigenvalue weighted by atomic mass is 10.1. The Morgan fingerprint density at radius 1 is 1.00 bits per heavy atom. The zero-order valence-corrected chi connectivity index (χ0v) is 17.5. The van der Waals surface area contributed by atoms with Crippen LogP contribution in [0.1, 0.15) is 17.0 Å². The van der Waals surface area contributed by atoms with Crippen LogP contribution in [0.3, 0.4) is 0 Å². The summed E-state index contributed by atoms with van der Waals surface area (Å²) in [5, 5.41) is 13.2. The third-order valence-corrected chi connectivity index (χ3v) is 5.24. The van der Waals surface area contributed by atoms with E-state index in [1.807, 2.05) is 0 Å². The molecule has 1 aliphatic rings. The van der Waals surface area contributed by atoms with Crippen LogP contribution in [0.5, 0.6) is 0 Å². The Morgan fingerprint density at radius 3 is 2.39 bits per heavy atom. The third-order valence-electron chi connectivity index (χ3n) is 5.24. The summed E-state index contributed by atoms with van der Waals surface area (Å²) in [5.41, 5.74) is 1.98. The van der Waals surface area contributed by atoms with Crippen molar-refractivity contribution in [3.8, 4) is 5.69 Å². The Bertz CT molecular complexity index is 1370. The molecule has 1 aliphatic heterocycles. The molecular formula is C23H17FN4O5. The number of benzene rings is 2. The van der Waals surface area contributed by atoms with Crippen molar-refractivity contribution in [2.24, 2.45) is 0 Å². The van der Waals surface area contributed by atoms with Gasteiger partial charge in [0.2, 0.25) is 0 Å². The number of urea groups is 1. The number of halogens is 1. The average molecular weight is 448 g/mol. The van der Waals surface area contributed by atoms with Crippen LogP contribution in [0.15, 0.2) is 60.2 Å². The van der Waals surface area contributed by atoms with Crippen LogP contribution >= 0.6 is 0 Å². The molecule has 0 unspecified atom stereocenters. The van der Waals surface area contributed by atoms with Crippen LogP contribution < -0.4 is 10.2 Å². The molecule has 3 aromatic rings. The first-order chi connectivity index (χ1) is 15.7. The van der Waals surface area contributed by atoms with E-state index in [0.29, 0.717) is 27.5 Å². The number of nitro groups is 1. The summed E-state index contributed by atoms with van der Waals surface area (Å²) in [7, 11) is 0. The van der Waals surface area contributed by atoms with Crippen molar-refractivity contribution in [3.63, 3.8) is 0 Å². The number of rotatable bonds is 4. The minimum Gasteiger partial charge on any atom is -0.318 e. The van der Waals surface area contributed by atoms with Crippen molar-refractivity contribution in [1.29, 1.82) is 0 Å². The van der Waals surface area contributed by atoms with E-state index in [0.717, 1.165) is 6.07 Å². The Balaban J connectivity index is 1.77. The molecule has 0 spiro atoms. The highest BCUT2D eigenvalue weighted by Gasteiger charge is 2.37. The monoisotopic (exact) mass is 448 g/mol. The van der Waals surface area contributed by atoms with Crippen LogP contribution in [-0.2, 0) is 9.59 Å². The SMILES string of the molecule is Cc1cc(C=C2C(=O)NC(=O)N(c3cccc(F)c3)C2=O)c(C)n1-c1cccc([N+](=O)[O-])c1. The number of aromatic nitrogens is 1. The molecule has 10 heteroatoms. The van der Waals surface area contributed by atoms with Gasteiger partial charge in [-0.3, -0.25) is 25.0 Å². The van der Waals surface area contributed by atoms with Crippen molar-refractivity contribution < 1.29 is 23.7 Å². The van der Waals surface area contributed by atoms with Gasteiger partial charge in [0, 0.05) is 23.5 Å². The number of hydrogen-bond acceptors (Lipinski definition) is 5. The molecule has 4 rings (SSSR count). The maximum absolute atomic E-state index is 13.6. The number of nitrogens with zero attached hydrogens (tertiary/aromatic N) is 3. The van der Waals surface area contributed by atoms with Crippen LogP contribution in [0, 0.1) is 29.8 Å². The smallest absolute Gasteiger partial charge is 0.318 e. The molecule has 0 aliphatic carbocycles. The summed E-state index contributed by atoms with van der Waals surface area (Å²) in [6.07, 6.45) is 1.34. The van der Waals surface area contributed by atoms with Crippen molar-refractivity contribution in [3.05, 3.63) is 93.1 Å². The number of barbiturate groups is 1. The molecule has 0 atom stereocenters. The molecule has 166 valence electrons. The fourth-order valence-corrected chi connectivity index (χ4v) is 3.74. The number of carbonyl (C=O) groups excluding carboxylic acids is 3. The van der Waals surface area contributed by atoms with Crippen molar-refractivity contribution in [2.45, 2.75) is 13.8 Å². The summed E-state index contributed by atoms with van der Waals surface area (Å²) in [4.78, 5) is 49.1. The predicted octanol–water partition coefficient (Wildman–Crippen LogP) is 3.81. The number of hydrogen-bond donors (Lipinski definition) is 1. The lowest BCUT2D eigenvalue weighted by Gasteiger charge is -2.26. The van der Waals surface area contributed by atoms with E-state index in [1.165, 1.54) is 36.4 Å². The Morgan fingerprint density at radius 2 is 1.70 bits per heavy atom. The molecule has 1 fully saturated rings. The van der Waals surface area contributed by atoms with Crippen LogP contribution in [0.4, 0.5) is 20.6 Å². The molecular weight excluding hydrogens is 431 g/mol. The summed E-state index contributed by atoms with van der Waals surface area (Å²) in [5.74, 6) is -2.41. The molecule has 9 nitrogen and oxygen atoms in total. The van der Waals surface area contributed by atoms with Gasteiger partial charge in [0.05, 0.1) is 16.3 Å². The second-order valence-corrected chi connectivity index (χ2v) is 7.38. The van der Waals surface area contributed by atoms with Crippen molar-refractivity contribution >= 4 is 35.3 Å². The molecule has 4 amide bonds. The van der Waals surface area contributed by atoms with E-state index >= 15 is 0 Å². The highest BCUT2D eigenvalue weighted by Crippen LogP contribution is 2.27. The fourth-order valence-electron chi connectivity index (χ4n) is 3.74. The quantitative estimate of drug-likeness (QED) is 0.282. The number of amides is 4. The maximum Gasteiger partial charge on any atom is 0.335 e. The van der Waals surface area contributed by atoms with Gasteiger partial charge in [-0.25, -0.2) is 14.1 Å². The maximum atomic E-state index is 13.6. The summed E-state index contributed by atoms with van der Waals surface area (Å²) in [6, 6.07) is 11.7. The van der Waals surface area contributed by atoms with Crippen LogP contribution in [0.25, 0.3) is 11.8 Å².